The fourth-order valence-electron chi connectivity index (χ4n) is 2.70. The van der Waals surface area contributed by atoms with Crippen LogP contribution in [0, 0.1) is 10.1 Å². The van der Waals surface area contributed by atoms with Crippen molar-refractivity contribution in [3.8, 4) is 11.5 Å². The van der Waals surface area contributed by atoms with Crippen molar-refractivity contribution in [2.75, 3.05) is 13.7 Å². The summed E-state index contributed by atoms with van der Waals surface area (Å²) in [4.78, 5) is 26.8. The predicted octanol–water partition coefficient (Wildman–Crippen LogP) is 4.78. The molecule has 0 fully saturated rings. The lowest BCUT2D eigenvalue weighted by molar-refractivity contribution is -0.384. The number of nitrogens with zero attached hydrogens (tertiary/aromatic N) is 2. The maximum Gasteiger partial charge on any atom is 0.363 e. The first kappa shape index (κ1) is 21.3. The molecule has 0 N–H and O–H groups in total. The number of hydrogen-bond acceptors (Lipinski definition) is 7. The van der Waals surface area contributed by atoms with Crippen LogP contribution >= 0.6 is 11.6 Å². The lowest BCUT2D eigenvalue weighted by Gasteiger charge is -2.10. The zero-order chi connectivity index (χ0) is 21.7. The molecule has 0 bridgehead atoms. The van der Waals surface area contributed by atoms with Crippen LogP contribution in [0.25, 0.3) is 6.08 Å². The van der Waals surface area contributed by atoms with E-state index < -0.39 is 10.9 Å². The Morgan fingerprint density at radius 1 is 1.23 bits per heavy atom. The number of esters is 1. The molecule has 0 aliphatic carbocycles. The van der Waals surface area contributed by atoms with Gasteiger partial charge >= 0.3 is 5.97 Å². The summed E-state index contributed by atoms with van der Waals surface area (Å²) in [5.74, 6) is 0.450. The minimum absolute atomic E-state index is 0.0159. The van der Waals surface area contributed by atoms with Gasteiger partial charge in [-0.1, -0.05) is 31.0 Å². The number of nitro benzene ring substituents is 1. The first-order chi connectivity index (χ1) is 14.4. The molecular formula is C21H19ClN2O6. The van der Waals surface area contributed by atoms with Gasteiger partial charge in [0.15, 0.2) is 17.2 Å². The fourth-order valence-corrected chi connectivity index (χ4v) is 2.88. The Balaban J connectivity index is 1.87. The Morgan fingerprint density at radius 3 is 2.73 bits per heavy atom. The fraction of sp³-hybridized carbons (Fsp3) is 0.238. The number of methoxy groups -OCH3 is 1. The first-order valence-corrected chi connectivity index (χ1v) is 9.58. The van der Waals surface area contributed by atoms with Crippen molar-refractivity contribution >= 4 is 35.2 Å². The van der Waals surface area contributed by atoms with Crippen LogP contribution in [-0.2, 0) is 9.53 Å². The minimum Gasteiger partial charge on any atom is -0.493 e. The van der Waals surface area contributed by atoms with Gasteiger partial charge < -0.3 is 14.2 Å². The van der Waals surface area contributed by atoms with E-state index in [4.69, 9.17) is 25.8 Å². The molecular weight excluding hydrogens is 412 g/mol. The summed E-state index contributed by atoms with van der Waals surface area (Å²) in [6.45, 7) is 2.66. The number of cyclic esters (lactones) is 1. The summed E-state index contributed by atoms with van der Waals surface area (Å²) in [7, 11) is 1.53. The van der Waals surface area contributed by atoms with Gasteiger partial charge in [-0.2, -0.15) is 0 Å². The third-order valence-corrected chi connectivity index (χ3v) is 4.58. The second-order valence-corrected chi connectivity index (χ2v) is 6.78. The van der Waals surface area contributed by atoms with Gasteiger partial charge in [-0.25, -0.2) is 9.79 Å². The van der Waals surface area contributed by atoms with Crippen molar-refractivity contribution in [1.29, 1.82) is 0 Å². The number of benzene rings is 2. The summed E-state index contributed by atoms with van der Waals surface area (Å²) < 4.78 is 16.2. The van der Waals surface area contributed by atoms with Gasteiger partial charge in [-0.05, 0) is 42.3 Å². The molecule has 1 aliphatic rings. The van der Waals surface area contributed by atoms with Gasteiger partial charge in [0, 0.05) is 11.6 Å². The molecule has 9 heteroatoms. The SMILES string of the molecule is CCCCOc1ccc(/C=C2\N=C(c3ccc(Cl)c([N+](=O)[O-])c3)OC2=O)cc1OC. The second-order valence-electron chi connectivity index (χ2n) is 6.37. The molecule has 8 nitrogen and oxygen atoms in total. The third-order valence-electron chi connectivity index (χ3n) is 4.26. The highest BCUT2D eigenvalue weighted by atomic mass is 35.5. The molecule has 0 spiro atoms. The van der Waals surface area contributed by atoms with Crippen LogP contribution in [-0.4, -0.2) is 30.5 Å². The van der Waals surface area contributed by atoms with E-state index in [0.717, 1.165) is 12.8 Å². The highest BCUT2D eigenvalue weighted by Crippen LogP contribution is 2.31. The predicted molar refractivity (Wildman–Crippen MR) is 112 cm³/mol. The average molecular weight is 431 g/mol. The number of hydrogen-bond donors (Lipinski definition) is 0. The average Bonchev–Trinajstić information content (AvgIpc) is 3.09. The quantitative estimate of drug-likeness (QED) is 0.196. The topological polar surface area (TPSA) is 100 Å². The lowest BCUT2D eigenvalue weighted by atomic mass is 10.1. The molecule has 30 heavy (non-hydrogen) atoms. The minimum atomic E-state index is -0.662. The van der Waals surface area contributed by atoms with Gasteiger partial charge in [-0.3, -0.25) is 10.1 Å². The third kappa shape index (κ3) is 4.77. The molecule has 2 aromatic carbocycles. The van der Waals surface area contributed by atoms with Crippen molar-refractivity contribution in [2.45, 2.75) is 19.8 Å². The summed E-state index contributed by atoms with van der Waals surface area (Å²) in [5, 5.41) is 11.1. The second kappa shape index (κ2) is 9.41. The standard InChI is InChI=1S/C21H19ClN2O6/c1-3-4-9-29-18-8-5-13(11-19(18)28-2)10-16-21(25)30-20(23-16)14-6-7-15(22)17(12-14)24(26)27/h5-8,10-12H,3-4,9H2,1-2H3/b16-10-. The number of carbonyl (C=O) groups excluding carboxylic acids is 1. The number of nitro groups is 1. The summed E-state index contributed by atoms with van der Waals surface area (Å²) in [6, 6.07) is 9.31. The molecule has 1 aliphatic heterocycles. The number of aliphatic imine (C=N–C) groups is 1. The smallest absolute Gasteiger partial charge is 0.363 e. The molecule has 3 rings (SSSR count). The molecule has 0 amide bonds. The summed E-state index contributed by atoms with van der Waals surface area (Å²) >= 11 is 5.82. The molecule has 2 aromatic rings. The molecule has 1 heterocycles. The van der Waals surface area contributed by atoms with Crippen LogP contribution in [0.3, 0.4) is 0 Å². The van der Waals surface area contributed by atoms with E-state index in [1.807, 2.05) is 0 Å². The van der Waals surface area contributed by atoms with Crippen molar-refractivity contribution in [3.63, 3.8) is 0 Å². The molecule has 0 unspecified atom stereocenters. The van der Waals surface area contributed by atoms with Gasteiger partial charge in [0.05, 0.1) is 18.6 Å². The first-order valence-electron chi connectivity index (χ1n) is 9.20. The van der Waals surface area contributed by atoms with Crippen molar-refractivity contribution < 1.29 is 23.9 Å². The highest BCUT2D eigenvalue weighted by Gasteiger charge is 2.26. The Hall–Kier alpha value is -3.39. The van der Waals surface area contributed by atoms with Crippen LogP contribution in [0.5, 0.6) is 11.5 Å². The maximum atomic E-state index is 12.2. The Bertz CT molecular complexity index is 1050. The van der Waals surface area contributed by atoms with Crippen LogP contribution < -0.4 is 9.47 Å². The van der Waals surface area contributed by atoms with E-state index in [1.165, 1.54) is 31.4 Å². The van der Waals surface area contributed by atoms with Crippen LogP contribution in [0.1, 0.15) is 30.9 Å². The number of ether oxygens (including phenoxy) is 3. The van der Waals surface area contributed by atoms with E-state index in [0.29, 0.717) is 23.7 Å². The van der Waals surface area contributed by atoms with Crippen LogP contribution in [0.4, 0.5) is 5.69 Å². The number of rotatable bonds is 8. The Labute approximate surface area is 177 Å². The van der Waals surface area contributed by atoms with E-state index in [1.54, 1.807) is 18.2 Å². The van der Waals surface area contributed by atoms with E-state index in [2.05, 4.69) is 11.9 Å². The van der Waals surface area contributed by atoms with Gasteiger partial charge in [0.2, 0.25) is 5.90 Å². The van der Waals surface area contributed by atoms with Gasteiger partial charge in [-0.15, -0.1) is 0 Å². The largest absolute Gasteiger partial charge is 0.493 e. The molecule has 0 radical (unpaired) electrons. The summed E-state index contributed by atoms with van der Waals surface area (Å²) in [6.07, 6.45) is 3.49. The molecule has 0 saturated carbocycles. The van der Waals surface area contributed by atoms with Crippen molar-refractivity contribution in [2.24, 2.45) is 4.99 Å². The molecule has 0 saturated heterocycles. The van der Waals surface area contributed by atoms with Crippen LogP contribution in [0.15, 0.2) is 47.1 Å². The maximum absolute atomic E-state index is 12.2. The van der Waals surface area contributed by atoms with E-state index >= 15 is 0 Å². The van der Waals surface area contributed by atoms with Crippen molar-refractivity contribution in [1.82, 2.24) is 0 Å². The Kier molecular flexibility index (Phi) is 6.68. The highest BCUT2D eigenvalue weighted by molar-refractivity contribution is 6.32. The number of carbonyl (C=O) groups is 1. The molecule has 0 atom stereocenters. The zero-order valence-corrected chi connectivity index (χ0v) is 17.1. The number of unbranched alkanes of at least 4 members (excludes halogenated alkanes) is 1. The van der Waals surface area contributed by atoms with Crippen molar-refractivity contribution in [3.05, 3.63) is 68.4 Å². The normalized spacial score (nSPS) is 14.4. The summed E-state index contributed by atoms with van der Waals surface area (Å²) in [5.41, 5.74) is 0.701. The number of halogens is 1. The van der Waals surface area contributed by atoms with E-state index in [9.17, 15) is 14.9 Å². The zero-order valence-electron chi connectivity index (χ0n) is 16.4. The molecule has 0 aromatic heterocycles. The Morgan fingerprint density at radius 2 is 2.03 bits per heavy atom. The van der Waals surface area contributed by atoms with Gasteiger partial charge in [0.25, 0.3) is 5.69 Å². The van der Waals surface area contributed by atoms with E-state index in [-0.39, 0.29) is 27.9 Å². The lowest BCUT2D eigenvalue weighted by Crippen LogP contribution is -2.06. The molecule has 156 valence electrons. The monoisotopic (exact) mass is 430 g/mol. The van der Waals surface area contributed by atoms with Gasteiger partial charge in [0.1, 0.15) is 5.02 Å². The van der Waals surface area contributed by atoms with Crippen LogP contribution in [0.2, 0.25) is 5.02 Å².